The highest BCUT2D eigenvalue weighted by Crippen LogP contribution is 2.65. The summed E-state index contributed by atoms with van der Waals surface area (Å²) in [5.74, 6) is 2.31. The molecule has 14 rings (SSSR count). The van der Waals surface area contributed by atoms with Crippen LogP contribution in [0.5, 0.6) is 11.5 Å². The summed E-state index contributed by atoms with van der Waals surface area (Å²) < 4.78 is 21.0. The number of benzene rings is 6. The largest absolute Gasteiger partial charge is 0.486 e. The van der Waals surface area contributed by atoms with Gasteiger partial charge >= 0.3 is 0 Å². The molecule has 0 amide bonds. The second-order valence-corrected chi connectivity index (χ2v) is 19.9. The summed E-state index contributed by atoms with van der Waals surface area (Å²) in [6.45, 7) is 14.3. The third-order valence-electron chi connectivity index (χ3n) is 15.2. The molecule has 0 bridgehead atoms. The van der Waals surface area contributed by atoms with E-state index < -0.39 is 0 Å². The van der Waals surface area contributed by atoms with Crippen LogP contribution < -0.4 is 31.3 Å². The highest BCUT2D eigenvalue weighted by molar-refractivity contribution is 6.95. The smallest absolute Gasteiger partial charge is 0.223 e. The van der Waals surface area contributed by atoms with Crippen LogP contribution >= 0.6 is 0 Å². The van der Waals surface area contributed by atoms with Gasteiger partial charge in [0, 0.05) is 38.4 Å². The van der Waals surface area contributed by atoms with E-state index in [0.29, 0.717) is 6.71 Å². The van der Waals surface area contributed by atoms with Gasteiger partial charge in [-0.3, -0.25) is 0 Å². The minimum atomic E-state index is -0.116. The van der Waals surface area contributed by atoms with Crippen molar-refractivity contribution >= 4 is 78.9 Å². The monoisotopic (exact) mass is 724 g/mol. The van der Waals surface area contributed by atoms with Gasteiger partial charge in [0.2, 0.25) is 13.4 Å². The number of nitrogens with zero attached hydrogens (tertiary/aromatic N) is 2. The maximum absolute atomic E-state index is 7.71. The third kappa shape index (κ3) is 3.38. The van der Waals surface area contributed by atoms with E-state index in [1.165, 1.54) is 76.8 Å². The summed E-state index contributed by atoms with van der Waals surface area (Å²) in [5.41, 5.74) is 16.8. The quantitative estimate of drug-likeness (QED) is 0.171. The zero-order valence-electron chi connectivity index (χ0n) is 32.7. The summed E-state index contributed by atoms with van der Waals surface area (Å²) >= 11 is 0. The van der Waals surface area contributed by atoms with Crippen molar-refractivity contribution in [2.45, 2.75) is 88.3 Å². The van der Waals surface area contributed by atoms with Gasteiger partial charge in [-0.1, -0.05) is 150 Å². The molecule has 0 N–H and O–H groups in total. The minimum Gasteiger partial charge on any atom is -0.486 e. The van der Waals surface area contributed by atoms with Crippen LogP contribution in [0.1, 0.15) is 64.8 Å². The maximum atomic E-state index is 7.71. The molecular weight excluding hydrogens is 682 g/mol. The number of aromatic nitrogens is 2. The van der Waals surface area contributed by atoms with E-state index in [4.69, 9.17) is 9.47 Å². The molecule has 0 spiro atoms. The molecule has 270 valence electrons. The summed E-state index contributed by atoms with van der Waals surface area (Å²) in [6, 6.07) is 42.6. The first-order chi connectivity index (χ1) is 27.1. The van der Waals surface area contributed by atoms with Crippen LogP contribution in [0.3, 0.4) is 0 Å². The van der Waals surface area contributed by atoms with Crippen LogP contribution in [0, 0.1) is 0 Å². The molecule has 56 heavy (non-hydrogen) atoms. The number of fused-ring (bicyclic) bond motifs is 3. The number of hydrogen-bond donors (Lipinski definition) is 0. The fourth-order valence-corrected chi connectivity index (χ4v) is 13.1. The van der Waals surface area contributed by atoms with Crippen LogP contribution in [0.4, 0.5) is 0 Å². The molecular formula is C50H42B2N2O2. The Bertz CT molecular complexity index is 2930. The summed E-state index contributed by atoms with van der Waals surface area (Å²) in [7, 11) is 0. The van der Waals surface area contributed by atoms with Crippen molar-refractivity contribution in [2.75, 3.05) is 0 Å². The van der Waals surface area contributed by atoms with Gasteiger partial charge in [-0.05, 0) is 62.0 Å². The van der Waals surface area contributed by atoms with Gasteiger partial charge in [0.1, 0.15) is 23.7 Å². The normalized spacial score (nSPS) is 24.1. The van der Waals surface area contributed by atoms with Crippen molar-refractivity contribution in [2.24, 2.45) is 0 Å². The fraction of sp³-hybridized carbons (Fsp3) is 0.280. The Morgan fingerprint density at radius 1 is 0.518 bits per heavy atom. The molecule has 5 aliphatic heterocycles. The van der Waals surface area contributed by atoms with Crippen molar-refractivity contribution in [3.8, 4) is 22.6 Å². The SMILES string of the molecule is CC(C)(C)c1cccc(B(c2cccc(C(C)(C)C)c2)C2C3Oc4cccc5c6ccc7c8c6n(c45)C3C3B8c4c-7ccc5c6cccc7c6n(c45)[C@@H]3C2O7)c1. The molecule has 1 aliphatic carbocycles. The summed E-state index contributed by atoms with van der Waals surface area (Å²) in [5, 5.41) is 5.37. The minimum absolute atomic E-state index is 0.00395. The van der Waals surface area contributed by atoms with Crippen molar-refractivity contribution < 1.29 is 9.47 Å². The lowest BCUT2D eigenvalue weighted by atomic mass is 9.24. The predicted molar refractivity (Wildman–Crippen MR) is 233 cm³/mol. The number of rotatable bonds is 3. The van der Waals surface area contributed by atoms with E-state index in [1.807, 2.05) is 0 Å². The lowest BCUT2D eigenvalue weighted by Gasteiger charge is -2.59. The Kier molecular flexibility index (Phi) is 5.28. The zero-order valence-corrected chi connectivity index (χ0v) is 32.7. The molecule has 0 saturated heterocycles. The van der Waals surface area contributed by atoms with Crippen molar-refractivity contribution in [3.63, 3.8) is 0 Å². The molecule has 6 aromatic carbocycles. The summed E-state index contributed by atoms with van der Waals surface area (Å²) in [4.78, 5) is 0. The van der Waals surface area contributed by atoms with Gasteiger partial charge in [0.05, 0.1) is 23.1 Å². The van der Waals surface area contributed by atoms with Crippen LogP contribution in [-0.4, -0.2) is 34.8 Å². The van der Waals surface area contributed by atoms with E-state index in [1.54, 1.807) is 10.9 Å². The molecule has 2 aromatic heterocycles. The first-order valence-electron chi connectivity index (χ1n) is 20.8. The van der Waals surface area contributed by atoms with Crippen molar-refractivity contribution in [1.82, 2.24) is 9.13 Å². The van der Waals surface area contributed by atoms with Gasteiger partial charge in [-0.15, -0.1) is 0 Å². The Morgan fingerprint density at radius 3 is 1.43 bits per heavy atom. The average Bonchev–Trinajstić information content (AvgIpc) is 3.83. The first kappa shape index (κ1) is 30.8. The molecule has 4 nitrogen and oxygen atoms in total. The fourth-order valence-electron chi connectivity index (χ4n) is 13.1. The summed E-state index contributed by atoms with van der Waals surface area (Å²) in [6.07, 6.45) is -0.232. The van der Waals surface area contributed by atoms with Crippen LogP contribution in [0.15, 0.2) is 109 Å². The van der Waals surface area contributed by atoms with Gasteiger partial charge in [-0.25, -0.2) is 0 Å². The van der Waals surface area contributed by atoms with E-state index in [9.17, 15) is 0 Å². The molecule has 8 aromatic rings. The number of para-hydroxylation sites is 2. The lowest BCUT2D eigenvalue weighted by Crippen LogP contribution is -2.69. The van der Waals surface area contributed by atoms with Gasteiger partial charge in [0.15, 0.2) is 0 Å². The number of ether oxygens (including phenoxy) is 2. The lowest BCUT2D eigenvalue weighted by molar-refractivity contribution is -0.00862. The number of hydrogen-bond acceptors (Lipinski definition) is 2. The van der Waals surface area contributed by atoms with E-state index in [-0.39, 0.29) is 53.5 Å². The standard InChI is InChI=1S/C50H42B2N2O2/c1-49(2,3)25-11-7-13-27(23-25)51(28-14-8-12-26(24-28)50(4,5)6)40-47-45-39-46-48(40)56-36-18-10-16-32-34-22-20-30-29-19-21-33-31-15-9-17-35(55-47)41(31)53(45)43(33)37(29)52(39)38(30)44(34)54(46)42(32)36/h7-24,39-40,45-48H,1-6H3/t39?,40?,45-,46?,47?,48?/m0/s1. The van der Waals surface area contributed by atoms with Crippen molar-refractivity contribution in [1.29, 1.82) is 0 Å². The van der Waals surface area contributed by atoms with Crippen LogP contribution in [0.25, 0.3) is 54.7 Å². The Morgan fingerprint density at radius 2 is 0.964 bits per heavy atom. The van der Waals surface area contributed by atoms with E-state index >= 15 is 0 Å². The molecule has 0 radical (unpaired) electrons. The molecule has 1 fully saturated rings. The van der Waals surface area contributed by atoms with Gasteiger partial charge in [-0.2, -0.15) is 0 Å². The van der Waals surface area contributed by atoms with Crippen LogP contribution in [-0.2, 0) is 10.8 Å². The Balaban J connectivity index is 1.14. The van der Waals surface area contributed by atoms with Gasteiger partial charge < -0.3 is 18.6 Å². The Labute approximate surface area is 327 Å². The maximum Gasteiger partial charge on any atom is 0.223 e. The van der Waals surface area contributed by atoms with E-state index in [0.717, 1.165) is 11.5 Å². The Hall–Kier alpha value is -5.35. The highest BCUT2D eigenvalue weighted by Gasteiger charge is 2.67. The van der Waals surface area contributed by atoms with Gasteiger partial charge in [0.25, 0.3) is 0 Å². The zero-order chi connectivity index (χ0) is 37.3. The topological polar surface area (TPSA) is 28.3 Å². The van der Waals surface area contributed by atoms with E-state index in [2.05, 4.69) is 160 Å². The molecule has 5 unspecified atom stereocenters. The third-order valence-corrected chi connectivity index (χ3v) is 15.2. The average molecular weight is 725 g/mol. The molecule has 1 saturated carbocycles. The second kappa shape index (κ2) is 9.60. The molecule has 6 atom stereocenters. The predicted octanol–water partition coefficient (Wildman–Crippen LogP) is 8.78. The molecule has 6 heteroatoms. The molecule has 7 heterocycles. The first-order valence-corrected chi connectivity index (χ1v) is 20.8. The van der Waals surface area contributed by atoms with Crippen molar-refractivity contribution in [3.05, 3.63) is 120 Å². The second-order valence-electron chi connectivity index (χ2n) is 19.9. The molecule has 6 aliphatic rings. The van der Waals surface area contributed by atoms with Crippen LogP contribution in [0.2, 0.25) is 11.6 Å². The highest BCUT2D eigenvalue weighted by atomic mass is 16.5.